The van der Waals surface area contributed by atoms with Gasteiger partial charge in [-0.15, -0.1) is 0 Å². The zero-order valence-electron chi connectivity index (χ0n) is 32.8. The van der Waals surface area contributed by atoms with Crippen LogP contribution in [0.4, 0.5) is 0 Å². The van der Waals surface area contributed by atoms with Gasteiger partial charge in [0.2, 0.25) is 0 Å². The van der Waals surface area contributed by atoms with Crippen molar-refractivity contribution in [2.75, 3.05) is 19.8 Å². The van der Waals surface area contributed by atoms with Crippen LogP contribution in [-0.4, -0.2) is 37.0 Å². The summed E-state index contributed by atoms with van der Waals surface area (Å²) >= 11 is 0. The van der Waals surface area contributed by atoms with Gasteiger partial charge in [0.05, 0.1) is 13.2 Å². The van der Waals surface area contributed by atoms with E-state index in [9.17, 15) is 9.90 Å². The molecule has 288 valence electrons. The highest BCUT2D eigenvalue weighted by molar-refractivity contribution is 5.69. The molecule has 0 saturated carbocycles. The van der Waals surface area contributed by atoms with E-state index in [-0.39, 0.29) is 19.2 Å². The van der Waals surface area contributed by atoms with Gasteiger partial charge < -0.3 is 14.6 Å². The third-order valence-electron chi connectivity index (χ3n) is 8.10. The number of esters is 1. The lowest BCUT2D eigenvalue weighted by atomic mass is 10.1. The van der Waals surface area contributed by atoms with E-state index < -0.39 is 6.10 Å². The normalized spacial score (nSPS) is 13.5. The van der Waals surface area contributed by atoms with Crippen LogP contribution in [0, 0.1) is 0 Å². The molecule has 0 rings (SSSR count). The topological polar surface area (TPSA) is 55.8 Å². The Morgan fingerprint density at radius 2 is 0.882 bits per heavy atom. The predicted octanol–water partition coefficient (Wildman–Crippen LogP) is 13.5. The van der Waals surface area contributed by atoms with Crippen molar-refractivity contribution in [1.29, 1.82) is 0 Å². The van der Waals surface area contributed by atoms with Gasteiger partial charge >= 0.3 is 5.97 Å². The maximum Gasteiger partial charge on any atom is 0.306 e. The van der Waals surface area contributed by atoms with Crippen molar-refractivity contribution in [2.45, 2.75) is 161 Å². The Kier molecular flexibility index (Phi) is 40.7. The van der Waals surface area contributed by atoms with Crippen LogP contribution in [0.2, 0.25) is 0 Å². The molecule has 1 unspecified atom stereocenters. The van der Waals surface area contributed by atoms with E-state index in [1.807, 2.05) is 6.08 Å². The first kappa shape index (κ1) is 48.1. The molecule has 4 nitrogen and oxygen atoms in total. The van der Waals surface area contributed by atoms with Crippen molar-refractivity contribution in [2.24, 2.45) is 0 Å². The van der Waals surface area contributed by atoms with Crippen molar-refractivity contribution < 1.29 is 19.4 Å². The van der Waals surface area contributed by atoms with Crippen molar-refractivity contribution in [1.82, 2.24) is 0 Å². The SMILES string of the molecule is CC/C=C\C/C=C\C/C=C\C/C=C\C/C=C\C/C=C\CCC(=O)OC(CO)COCCCCCCCCC/C=C\C/C=C\C/C=C\CCCCC. The molecule has 0 amide bonds. The predicted molar refractivity (Wildman–Crippen MR) is 223 cm³/mol. The molecule has 0 aliphatic heterocycles. The van der Waals surface area contributed by atoms with E-state index in [2.05, 4.69) is 117 Å². The number of aliphatic hydroxyl groups is 1. The second-order valence-corrected chi connectivity index (χ2v) is 13.0. The van der Waals surface area contributed by atoms with Crippen LogP contribution in [0.3, 0.4) is 0 Å². The molecule has 0 aromatic carbocycles. The average molecular weight is 705 g/mol. The van der Waals surface area contributed by atoms with Crippen LogP contribution < -0.4 is 0 Å². The first-order valence-corrected chi connectivity index (χ1v) is 20.5. The molecular formula is C47H76O4. The van der Waals surface area contributed by atoms with Crippen LogP contribution in [-0.2, 0) is 14.3 Å². The molecule has 0 saturated heterocycles. The quantitative estimate of drug-likeness (QED) is 0.0401. The number of aliphatic hydroxyl groups excluding tert-OH is 1. The van der Waals surface area contributed by atoms with E-state index in [1.165, 1.54) is 64.2 Å². The molecule has 0 fully saturated rings. The van der Waals surface area contributed by atoms with E-state index in [0.717, 1.165) is 64.2 Å². The van der Waals surface area contributed by atoms with Crippen LogP contribution in [0.5, 0.6) is 0 Å². The molecule has 51 heavy (non-hydrogen) atoms. The Hall–Kier alpha value is -2.95. The molecule has 0 bridgehead atoms. The lowest BCUT2D eigenvalue weighted by Gasteiger charge is -2.15. The van der Waals surface area contributed by atoms with E-state index in [1.54, 1.807) is 0 Å². The highest BCUT2D eigenvalue weighted by Gasteiger charge is 2.13. The zero-order chi connectivity index (χ0) is 37.0. The van der Waals surface area contributed by atoms with Crippen LogP contribution in [0.1, 0.15) is 155 Å². The minimum Gasteiger partial charge on any atom is -0.457 e. The fourth-order valence-corrected chi connectivity index (χ4v) is 5.06. The lowest BCUT2D eigenvalue weighted by molar-refractivity contribution is -0.154. The molecule has 0 radical (unpaired) electrons. The highest BCUT2D eigenvalue weighted by Crippen LogP contribution is 2.10. The highest BCUT2D eigenvalue weighted by atomic mass is 16.6. The first-order chi connectivity index (χ1) is 25.2. The van der Waals surface area contributed by atoms with E-state index in [4.69, 9.17) is 9.47 Å². The van der Waals surface area contributed by atoms with Crippen molar-refractivity contribution in [3.05, 3.63) is 109 Å². The van der Waals surface area contributed by atoms with E-state index >= 15 is 0 Å². The second kappa shape index (κ2) is 43.2. The third-order valence-corrected chi connectivity index (χ3v) is 8.10. The summed E-state index contributed by atoms with van der Waals surface area (Å²) < 4.78 is 11.1. The summed E-state index contributed by atoms with van der Waals surface area (Å²) in [5, 5.41) is 9.58. The minimum atomic E-state index is -0.588. The van der Waals surface area contributed by atoms with E-state index in [0.29, 0.717) is 19.4 Å². The number of unbranched alkanes of at least 4 members (excludes halogenated alkanes) is 10. The molecule has 0 spiro atoms. The molecule has 0 aromatic rings. The zero-order valence-corrected chi connectivity index (χ0v) is 32.8. The van der Waals surface area contributed by atoms with Crippen molar-refractivity contribution >= 4 is 5.97 Å². The van der Waals surface area contributed by atoms with Gasteiger partial charge in [-0.3, -0.25) is 4.79 Å². The van der Waals surface area contributed by atoms with Gasteiger partial charge in [0, 0.05) is 13.0 Å². The van der Waals surface area contributed by atoms with Crippen LogP contribution in [0.25, 0.3) is 0 Å². The van der Waals surface area contributed by atoms with Gasteiger partial charge in [0.15, 0.2) is 0 Å². The van der Waals surface area contributed by atoms with Crippen molar-refractivity contribution in [3.8, 4) is 0 Å². The average Bonchev–Trinajstić information content (AvgIpc) is 3.14. The number of rotatable bonds is 36. The smallest absolute Gasteiger partial charge is 0.306 e. The summed E-state index contributed by atoms with van der Waals surface area (Å²) in [5.74, 6) is -0.291. The Morgan fingerprint density at radius 1 is 0.490 bits per heavy atom. The van der Waals surface area contributed by atoms with Gasteiger partial charge in [0.25, 0.3) is 0 Å². The van der Waals surface area contributed by atoms with Gasteiger partial charge in [-0.05, 0) is 89.9 Å². The Labute approximate surface area is 315 Å². The second-order valence-electron chi connectivity index (χ2n) is 13.0. The van der Waals surface area contributed by atoms with Gasteiger partial charge in [0.1, 0.15) is 6.10 Å². The number of ether oxygens (including phenoxy) is 2. The summed E-state index contributed by atoms with van der Waals surface area (Å²) in [6, 6.07) is 0. The standard InChI is InChI=1S/C47H76O4/c1-3-5-7-9-11-13-15-17-19-21-23-25-27-29-31-33-35-37-39-41-43-50-45-46(44-48)51-47(49)42-40-38-36-34-32-30-28-26-24-22-20-18-16-14-12-10-8-6-4-2/h6,8,11-14,17-20,23-26,30,32,36,38,46,48H,3-5,7,9-10,15-16,21-22,27-29,31,33-35,37,39-45H2,1-2H3/b8-6-,13-11-,14-12-,19-17-,20-18-,25-23-,26-24-,32-30-,38-36-. The number of hydrogen-bond donors (Lipinski definition) is 1. The number of hydrogen-bond acceptors (Lipinski definition) is 4. The first-order valence-electron chi connectivity index (χ1n) is 20.5. The Balaban J connectivity index is 3.63. The fraction of sp³-hybridized carbons (Fsp3) is 0.596. The summed E-state index contributed by atoms with van der Waals surface area (Å²) in [7, 11) is 0. The Morgan fingerprint density at radius 3 is 1.33 bits per heavy atom. The molecule has 1 atom stereocenters. The molecule has 0 aliphatic carbocycles. The molecule has 0 aromatic heterocycles. The molecular weight excluding hydrogens is 629 g/mol. The van der Waals surface area contributed by atoms with Gasteiger partial charge in [-0.25, -0.2) is 0 Å². The minimum absolute atomic E-state index is 0.214. The van der Waals surface area contributed by atoms with Crippen LogP contribution >= 0.6 is 0 Å². The van der Waals surface area contributed by atoms with Crippen molar-refractivity contribution in [3.63, 3.8) is 0 Å². The fourth-order valence-electron chi connectivity index (χ4n) is 5.06. The monoisotopic (exact) mass is 705 g/mol. The maximum absolute atomic E-state index is 12.2. The molecule has 0 aliphatic rings. The number of carbonyl (C=O) groups is 1. The molecule has 0 heterocycles. The lowest BCUT2D eigenvalue weighted by Crippen LogP contribution is -2.27. The summed E-state index contributed by atoms with van der Waals surface area (Å²) in [5.41, 5.74) is 0. The maximum atomic E-state index is 12.2. The summed E-state index contributed by atoms with van der Waals surface area (Å²) in [6.45, 7) is 5.08. The van der Waals surface area contributed by atoms with Gasteiger partial charge in [-0.1, -0.05) is 168 Å². The Bertz CT molecular complexity index is 1010. The van der Waals surface area contributed by atoms with Crippen LogP contribution in [0.15, 0.2) is 109 Å². The summed E-state index contributed by atoms with van der Waals surface area (Å²) in [4.78, 5) is 12.2. The third kappa shape index (κ3) is 41.4. The summed E-state index contributed by atoms with van der Waals surface area (Å²) in [6.07, 6.45) is 62.9. The van der Waals surface area contributed by atoms with Gasteiger partial charge in [-0.2, -0.15) is 0 Å². The number of carbonyl (C=O) groups excluding carboxylic acids is 1. The largest absolute Gasteiger partial charge is 0.457 e. The number of allylic oxidation sites excluding steroid dienone is 18. The molecule has 1 N–H and O–H groups in total. The molecule has 4 heteroatoms.